The molecule has 4 heteroatoms. The van der Waals surface area contributed by atoms with Gasteiger partial charge in [0.2, 0.25) is 0 Å². The molecule has 18 heavy (non-hydrogen) atoms. The molecular formula is C14H26N4. The predicted molar refractivity (Wildman–Crippen MR) is 74.4 cm³/mol. The quantitative estimate of drug-likeness (QED) is 0.862. The predicted octanol–water partition coefficient (Wildman–Crippen LogP) is 1.55. The highest BCUT2D eigenvalue weighted by Crippen LogP contribution is 2.20. The number of hydrogen-bond donors (Lipinski definition) is 1. The number of rotatable bonds is 5. The first-order valence-electron chi connectivity index (χ1n) is 7.13. The first-order valence-corrected chi connectivity index (χ1v) is 7.13. The maximum absolute atomic E-state index is 5.96. The molecule has 2 atom stereocenters. The third-order valence-electron chi connectivity index (χ3n) is 3.97. The highest BCUT2D eigenvalue weighted by Gasteiger charge is 2.22. The van der Waals surface area contributed by atoms with Crippen LogP contribution >= 0.6 is 0 Å². The molecule has 102 valence electrons. The Bertz CT molecular complexity index is 358. The molecule has 0 amide bonds. The molecule has 0 saturated carbocycles. The van der Waals surface area contributed by atoms with Gasteiger partial charge in [-0.3, -0.25) is 9.58 Å². The molecule has 2 unspecified atom stereocenters. The number of hydrogen-bond acceptors (Lipinski definition) is 3. The number of nitrogens with two attached hydrogens (primary N) is 1. The third-order valence-corrected chi connectivity index (χ3v) is 3.97. The lowest BCUT2D eigenvalue weighted by Crippen LogP contribution is -2.43. The molecule has 1 fully saturated rings. The lowest BCUT2D eigenvalue weighted by Gasteiger charge is -2.36. The van der Waals surface area contributed by atoms with Crippen molar-refractivity contribution in [2.45, 2.75) is 51.1 Å². The van der Waals surface area contributed by atoms with Crippen molar-refractivity contribution in [3.8, 4) is 0 Å². The first kappa shape index (κ1) is 13.6. The average molecular weight is 250 g/mol. The summed E-state index contributed by atoms with van der Waals surface area (Å²) < 4.78 is 1.98. The van der Waals surface area contributed by atoms with Crippen LogP contribution in [0.15, 0.2) is 12.3 Å². The summed E-state index contributed by atoms with van der Waals surface area (Å²) in [5, 5.41) is 4.23. The van der Waals surface area contributed by atoms with Crippen LogP contribution in [0.1, 0.15) is 38.3 Å². The highest BCUT2D eigenvalue weighted by molar-refractivity contribution is 5.00. The summed E-state index contributed by atoms with van der Waals surface area (Å²) in [6.45, 7) is 4.49. The minimum absolute atomic E-state index is 0.312. The van der Waals surface area contributed by atoms with Crippen LogP contribution in [0.2, 0.25) is 0 Å². The molecule has 2 N–H and O–H groups in total. The molecule has 0 aliphatic carbocycles. The van der Waals surface area contributed by atoms with Crippen LogP contribution in [0.25, 0.3) is 0 Å². The van der Waals surface area contributed by atoms with Gasteiger partial charge in [-0.05, 0) is 38.8 Å². The van der Waals surface area contributed by atoms with Crippen LogP contribution in [0, 0.1) is 0 Å². The standard InChI is InChI=1S/C14H26N4/c1-12(15)11-14-5-3-4-9-18(14)10-7-13-6-8-16-17(13)2/h6,8,12,14H,3-5,7,9-11,15H2,1-2H3. The van der Waals surface area contributed by atoms with E-state index in [4.69, 9.17) is 5.73 Å². The summed E-state index contributed by atoms with van der Waals surface area (Å²) in [6, 6.07) is 3.11. The van der Waals surface area contributed by atoms with Crippen molar-refractivity contribution in [3.05, 3.63) is 18.0 Å². The van der Waals surface area contributed by atoms with E-state index in [2.05, 4.69) is 23.0 Å². The molecule has 0 bridgehead atoms. The zero-order valence-electron chi connectivity index (χ0n) is 11.7. The second-order valence-corrected chi connectivity index (χ2v) is 5.59. The number of aryl methyl sites for hydroxylation is 1. The minimum Gasteiger partial charge on any atom is -0.328 e. The zero-order chi connectivity index (χ0) is 13.0. The summed E-state index contributed by atoms with van der Waals surface area (Å²) in [7, 11) is 2.02. The maximum Gasteiger partial charge on any atom is 0.0492 e. The number of aromatic nitrogens is 2. The third kappa shape index (κ3) is 3.56. The molecule has 4 nitrogen and oxygen atoms in total. The topological polar surface area (TPSA) is 47.1 Å². The van der Waals surface area contributed by atoms with E-state index >= 15 is 0 Å². The van der Waals surface area contributed by atoms with E-state index in [1.165, 1.54) is 31.5 Å². The van der Waals surface area contributed by atoms with Crippen LogP contribution in [-0.2, 0) is 13.5 Å². The van der Waals surface area contributed by atoms with Crippen molar-refractivity contribution in [3.63, 3.8) is 0 Å². The van der Waals surface area contributed by atoms with Crippen molar-refractivity contribution >= 4 is 0 Å². The Labute approximate surface area is 110 Å². The van der Waals surface area contributed by atoms with Gasteiger partial charge in [-0.1, -0.05) is 6.42 Å². The first-order chi connectivity index (χ1) is 8.66. The van der Waals surface area contributed by atoms with E-state index in [1.807, 2.05) is 17.9 Å². The smallest absolute Gasteiger partial charge is 0.0492 e. The Morgan fingerprint density at radius 3 is 3.00 bits per heavy atom. The van der Waals surface area contributed by atoms with Gasteiger partial charge in [0.15, 0.2) is 0 Å². The van der Waals surface area contributed by atoms with Crippen molar-refractivity contribution < 1.29 is 0 Å². The van der Waals surface area contributed by atoms with Crippen molar-refractivity contribution in [1.82, 2.24) is 14.7 Å². The molecule has 0 aromatic carbocycles. The van der Waals surface area contributed by atoms with Crippen LogP contribution in [-0.4, -0.2) is 39.9 Å². The van der Waals surface area contributed by atoms with Gasteiger partial charge in [0.1, 0.15) is 0 Å². The van der Waals surface area contributed by atoms with Gasteiger partial charge in [0, 0.05) is 44.0 Å². The lowest BCUT2D eigenvalue weighted by atomic mass is 9.96. The summed E-state index contributed by atoms with van der Waals surface area (Å²) in [4.78, 5) is 2.62. The van der Waals surface area contributed by atoms with E-state index in [0.717, 1.165) is 19.4 Å². The Balaban J connectivity index is 1.87. The van der Waals surface area contributed by atoms with Gasteiger partial charge >= 0.3 is 0 Å². The molecule has 2 heterocycles. The molecular weight excluding hydrogens is 224 g/mol. The largest absolute Gasteiger partial charge is 0.328 e. The second-order valence-electron chi connectivity index (χ2n) is 5.59. The fourth-order valence-corrected chi connectivity index (χ4v) is 2.96. The van der Waals surface area contributed by atoms with Gasteiger partial charge in [0.05, 0.1) is 0 Å². The monoisotopic (exact) mass is 250 g/mol. The van der Waals surface area contributed by atoms with E-state index in [1.54, 1.807) is 0 Å². The molecule has 1 aromatic heterocycles. The highest BCUT2D eigenvalue weighted by atomic mass is 15.3. The van der Waals surface area contributed by atoms with Gasteiger partial charge in [-0.2, -0.15) is 5.10 Å². The Hall–Kier alpha value is -0.870. The molecule has 0 radical (unpaired) electrons. The van der Waals surface area contributed by atoms with Crippen molar-refractivity contribution in [2.24, 2.45) is 12.8 Å². The van der Waals surface area contributed by atoms with Crippen LogP contribution in [0.4, 0.5) is 0 Å². The lowest BCUT2D eigenvalue weighted by molar-refractivity contribution is 0.136. The SMILES string of the molecule is CC(N)CC1CCCCN1CCc1ccnn1C. The van der Waals surface area contributed by atoms with Crippen LogP contribution in [0.3, 0.4) is 0 Å². The Morgan fingerprint density at radius 1 is 1.50 bits per heavy atom. The Morgan fingerprint density at radius 2 is 2.33 bits per heavy atom. The van der Waals surface area contributed by atoms with Gasteiger partial charge in [-0.15, -0.1) is 0 Å². The maximum atomic E-state index is 5.96. The van der Waals surface area contributed by atoms with Crippen LogP contribution in [0.5, 0.6) is 0 Å². The minimum atomic E-state index is 0.312. The molecule has 2 rings (SSSR count). The fraction of sp³-hybridized carbons (Fsp3) is 0.786. The van der Waals surface area contributed by atoms with Crippen molar-refractivity contribution in [2.75, 3.05) is 13.1 Å². The summed E-state index contributed by atoms with van der Waals surface area (Å²) >= 11 is 0. The second kappa shape index (κ2) is 6.34. The Kier molecular flexibility index (Phi) is 4.78. The number of likely N-dealkylation sites (tertiary alicyclic amines) is 1. The molecule has 1 aliphatic rings. The normalized spacial score (nSPS) is 23.2. The number of nitrogens with zero attached hydrogens (tertiary/aromatic N) is 3. The van der Waals surface area contributed by atoms with E-state index < -0.39 is 0 Å². The van der Waals surface area contributed by atoms with Gasteiger partial charge in [-0.25, -0.2) is 0 Å². The zero-order valence-corrected chi connectivity index (χ0v) is 11.7. The van der Waals surface area contributed by atoms with Gasteiger partial charge in [0.25, 0.3) is 0 Å². The van der Waals surface area contributed by atoms with E-state index in [-0.39, 0.29) is 0 Å². The number of piperidine rings is 1. The average Bonchev–Trinajstić information content (AvgIpc) is 2.73. The van der Waals surface area contributed by atoms with Gasteiger partial charge < -0.3 is 5.73 Å². The van der Waals surface area contributed by atoms with E-state index in [0.29, 0.717) is 12.1 Å². The van der Waals surface area contributed by atoms with E-state index in [9.17, 15) is 0 Å². The summed E-state index contributed by atoms with van der Waals surface area (Å²) in [5.74, 6) is 0. The summed E-state index contributed by atoms with van der Waals surface area (Å²) in [6.07, 6.45) is 8.11. The molecule has 1 aliphatic heterocycles. The summed E-state index contributed by atoms with van der Waals surface area (Å²) in [5.41, 5.74) is 7.28. The molecule has 1 aromatic rings. The molecule has 1 saturated heterocycles. The molecule has 0 spiro atoms. The fourth-order valence-electron chi connectivity index (χ4n) is 2.96. The van der Waals surface area contributed by atoms with Crippen LogP contribution < -0.4 is 5.73 Å². The van der Waals surface area contributed by atoms with Crippen molar-refractivity contribution in [1.29, 1.82) is 0 Å².